The molecule has 0 amide bonds. The lowest BCUT2D eigenvalue weighted by Crippen LogP contribution is -2.60. The maximum Gasteiger partial charge on any atom is 0.330 e. The van der Waals surface area contributed by atoms with E-state index >= 15 is 0 Å². The van der Waals surface area contributed by atoms with Crippen LogP contribution in [0.1, 0.15) is 78.6 Å². The molecule has 0 N–H and O–H groups in total. The first-order valence-corrected chi connectivity index (χ1v) is 12.8. The molecule has 5 heteroatoms. The summed E-state index contributed by atoms with van der Waals surface area (Å²) in [5.74, 6) is 1.16. The molecule has 2 saturated heterocycles. The highest BCUT2D eigenvalue weighted by molar-refractivity contribution is 14.1. The number of rotatable bonds is 5. The summed E-state index contributed by atoms with van der Waals surface area (Å²) in [5.41, 5.74) is -1.37. The second-order valence-corrected chi connectivity index (χ2v) is 12.0. The molecule has 4 rings (SSSR count). The fourth-order valence-electron chi connectivity index (χ4n) is 6.59. The molecule has 4 nitrogen and oxygen atoms in total. The molecular formula is C24H35IO4. The fraction of sp³-hybridized carbons (Fsp3) is 0.833. The number of Topliss-reactive ketones (excluding diaryl/α,β-unsaturated/α-hetero) is 1. The van der Waals surface area contributed by atoms with Crippen molar-refractivity contribution >= 4 is 34.3 Å². The van der Waals surface area contributed by atoms with Gasteiger partial charge in [-0.15, -0.1) is 0 Å². The van der Waals surface area contributed by atoms with E-state index in [1.807, 2.05) is 6.92 Å². The van der Waals surface area contributed by atoms with Crippen LogP contribution in [0.15, 0.2) is 12.2 Å². The SMILES string of the molecule is CC(C)CC12CC(=O)C(C)(O1)C1CCC(I)C1C2OC(=O)/C=C/C1CCCCC1. The van der Waals surface area contributed by atoms with E-state index in [1.165, 1.54) is 32.1 Å². The minimum atomic E-state index is -0.708. The first-order valence-electron chi connectivity index (χ1n) is 11.5. The van der Waals surface area contributed by atoms with Gasteiger partial charge in [0.05, 0.1) is 0 Å². The van der Waals surface area contributed by atoms with Gasteiger partial charge >= 0.3 is 5.97 Å². The Balaban J connectivity index is 1.59. The van der Waals surface area contributed by atoms with Crippen molar-refractivity contribution in [1.29, 1.82) is 0 Å². The monoisotopic (exact) mass is 514 g/mol. The van der Waals surface area contributed by atoms with Crippen molar-refractivity contribution in [2.45, 2.75) is 99.8 Å². The highest BCUT2D eigenvalue weighted by Gasteiger charge is 2.70. The maximum absolute atomic E-state index is 13.1. The smallest absolute Gasteiger partial charge is 0.330 e. The Morgan fingerprint density at radius 1 is 1.24 bits per heavy atom. The molecular weight excluding hydrogens is 479 g/mol. The standard InChI is InChI=1S/C24H35IO4/c1-15(2)13-24-14-19(26)23(3,29-24)17-10-11-18(25)21(17)22(24)28-20(27)12-9-16-7-5-4-6-8-16/h9,12,15-18,21-22H,4-8,10-11,13-14H2,1-3H3/b12-9+. The minimum absolute atomic E-state index is 0.153. The number of halogens is 1. The molecule has 6 unspecified atom stereocenters. The third-order valence-electron chi connectivity index (χ3n) is 7.79. The molecule has 0 aromatic rings. The van der Waals surface area contributed by atoms with E-state index in [-0.39, 0.29) is 29.7 Å². The van der Waals surface area contributed by atoms with Crippen LogP contribution in [0, 0.1) is 23.7 Å². The summed E-state index contributed by atoms with van der Waals surface area (Å²) in [6.45, 7) is 6.30. The van der Waals surface area contributed by atoms with Crippen LogP contribution in [0.25, 0.3) is 0 Å². The Morgan fingerprint density at radius 3 is 2.66 bits per heavy atom. The zero-order chi connectivity index (χ0) is 20.8. The zero-order valence-electron chi connectivity index (χ0n) is 18.0. The van der Waals surface area contributed by atoms with Crippen molar-refractivity contribution < 1.29 is 19.1 Å². The second-order valence-electron chi connectivity index (χ2n) is 10.4. The molecule has 4 fully saturated rings. The normalized spacial score (nSPS) is 42.6. The number of esters is 1. The van der Waals surface area contributed by atoms with E-state index in [1.54, 1.807) is 6.08 Å². The van der Waals surface area contributed by atoms with Gasteiger partial charge in [0.25, 0.3) is 0 Å². The first-order chi connectivity index (χ1) is 13.7. The molecule has 6 atom stereocenters. The Labute approximate surface area is 188 Å². The van der Waals surface area contributed by atoms with Gasteiger partial charge in [0.1, 0.15) is 17.3 Å². The molecule has 0 aromatic carbocycles. The average molecular weight is 514 g/mol. The van der Waals surface area contributed by atoms with Crippen LogP contribution in [0.2, 0.25) is 0 Å². The van der Waals surface area contributed by atoms with E-state index in [2.05, 4.69) is 42.5 Å². The van der Waals surface area contributed by atoms with Crippen molar-refractivity contribution in [2.24, 2.45) is 23.7 Å². The predicted octanol–water partition coefficient (Wildman–Crippen LogP) is 5.41. The van der Waals surface area contributed by atoms with Gasteiger partial charge in [0.15, 0.2) is 5.78 Å². The van der Waals surface area contributed by atoms with Crippen LogP contribution in [-0.4, -0.2) is 33.0 Å². The molecule has 162 valence electrons. The van der Waals surface area contributed by atoms with Gasteiger partial charge in [-0.2, -0.15) is 0 Å². The van der Waals surface area contributed by atoms with E-state index < -0.39 is 11.2 Å². The quantitative estimate of drug-likeness (QED) is 0.213. The lowest BCUT2D eigenvalue weighted by molar-refractivity contribution is -0.241. The third kappa shape index (κ3) is 3.95. The lowest BCUT2D eigenvalue weighted by atomic mass is 9.73. The van der Waals surface area contributed by atoms with Gasteiger partial charge in [0, 0.05) is 28.3 Å². The fourth-order valence-corrected chi connectivity index (χ4v) is 7.82. The van der Waals surface area contributed by atoms with E-state index in [4.69, 9.17) is 9.47 Å². The van der Waals surface area contributed by atoms with Crippen molar-refractivity contribution in [3.05, 3.63) is 12.2 Å². The molecule has 2 saturated carbocycles. The number of ether oxygens (including phenoxy) is 2. The van der Waals surface area contributed by atoms with Crippen molar-refractivity contribution in [3.8, 4) is 0 Å². The van der Waals surface area contributed by atoms with Crippen LogP contribution >= 0.6 is 22.6 Å². The van der Waals surface area contributed by atoms with E-state index in [9.17, 15) is 9.59 Å². The minimum Gasteiger partial charge on any atom is -0.456 e. The highest BCUT2D eigenvalue weighted by Crippen LogP contribution is 2.60. The lowest BCUT2D eigenvalue weighted by Gasteiger charge is -2.50. The largest absolute Gasteiger partial charge is 0.456 e. The van der Waals surface area contributed by atoms with E-state index in [0.29, 0.717) is 22.2 Å². The van der Waals surface area contributed by atoms with Gasteiger partial charge < -0.3 is 9.47 Å². The number of carbonyl (C=O) groups excluding carboxylic acids is 2. The molecule has 2 heterocycles. The molecule has 2 aliphatic heterocycles. The summed E-state index contributed by atoms with van der Waals surface area (Å²) in [6.07, 6.45) is 12.7. The summed E-state index contributed by atoms with van der Waals surface area (Å²) >= 11 is 2.51. The highest BCUT2D eigenvalue weighted by atomic mass is 127. The Hall–Kier alpha value is -0.430. The number of hydrogen-bond donors (Lipinski definition) is 0. The molecule has 4 aliphatic rings. The van der Waals surface area contributed by atoms with Gasteiger partial charge in [-0.1, -0.05) is 61.8 Å². The zero-order valence-corrected chi connectivity index (χ0v) is 20.2. The van der Waals surface area contributed by atoms with Crippen molar-refractivity contribution in [1.82, 2.24) is 0 Å². The van der Waals surface area contributed by atoms with Crippen LogP contribution in [0.5, 0.6) is 0 Å². The molecule has 0 radical (unpaired) electrons. The number of fused-ring (bicyclic) bond motifs is 4. The number of hydrogen-bond acceptors (Lipinski definition) is 4. The van der Waals surface area contributed by atoms with Gasteiger partial charge in [-0.3, -0.25) is 4.79 Å². The average Bonchev–Trinajstić information content (AvgIpc) is 3.15. The maximum atomic E-state index is 13.1. The second kappa shape index (κ2) is 8.25. The van der Waals surface area contributed by atoms with Crippen LogP contribution < -0.4 is 0 Å². The number of alkyl halides is 1. The van der Waals surface area contributed by atoms with Crippen LogP contribution in [0.4, 0.5) is 0 Å². The van der Waals surface area contributed by atoms with Crippen LogP contribution in [0.3, 0.4) is 0 Å². The van der Waals surface area contributed by atoms with Crippen LogP contribution in [-0.2, 0) is 19.1 Å². The van der Waals surface area contributed by atoms with Crippen molar-refractivity contribution in [3.63, 3.8) is 0 Å². The summed E-state index contributed by atoms with van der Waals surface area (Å²) in [5, 5.41) is 0. The molecule has 29 heavy (non-hydrogen) atoms. The summed E-state index contributed by atoms with van der Waals surface area (Å²) in [6, 6.07) is 0. The Bertz CT molecular complexity index is 682. The molecule has 2 aliphatic carbocycles. The van der Waals surface area contributed by atoms with Crippen molar-refractivity contribution in [2.75, 3.05) is 0 Å². The van der Waals surface area contributed by atoms with Gasteiger partial charge in [-0.05, 0) is 50.9 Å². The Morgan fingerprint density at radius 2 is 1.97 bits per heavy atom. The Kier molecular flexibility index (Phi) is 6.20. The first kappa shape index (κ1) is 21.8. The predicted molar refractivity (Wildman–Crippen MR) is 121 cm³/mol. The third-order valence-corrected chi connectivity index (χ3v) is 9.24. The molecule has 0 aromatic heterocycles. The number of carbonyl (C=O) groups is 2. The summed E-state index contributed by atoms with van der Waals surface area (Å²) in [4.78, 5) is 26.0. The van der Waals surface area contributed by atoms with Gasteiger partial charge in [-0.25, -0.2) is 4.79 Å². The topological polar surface area (TPSA) is 52.6 Å². The molecule has 2 bridgehead atoms. The van der Waals surface area contributed by atoms with E-state index in [0.717, 1.165) is 19.3 Å². The molecule has 0 spiro atoms. The summed E-state index contributed by atoms with van der Waals surface area (Å²) in [7, 11) is 0. The van der Waals surface area contributed by atoms with Gasteiger partial charge in [0.2, 0.25) is 0 Å². The number of allylic oxidation sites excluding steroid dienone is 1. The number of ketones is 1. The summed E-state index contributed by atoms with van der Waals surface area (Å²) < 4.78 is 13.2.